The fourth-order valence-corrected chi connectivity index (χ4v) is 3.93. The summed E-state index contributed by atoms with van der Waals surface area (Å²) >= 11 is 0. The molecule has 2 rings (SSSR count). The Bertz CT molecular complexity index is 306. The zero-order chi connectivity index (χ0) is 15.3. The number of hydrogen-bond donors (Lipinski definition) is 2. The summed E-state index contributed by atoms with van der Waals surface area (Å²) in [6.45, 7) is 8.49. The van der Waals surface area contributed by atoms with Crippen LogP contribution in [-0.2, 0) is 0 Å². The number of rotatable bonds is 9. The molecule has 0 spiro atoms. The lowest BCUT2D eigenvalue weighted by Gasteiger charge is -2.46. The van der Waals surface area contributed by atoms with Crippen molar-refractivity contribution in [3.05, 3.63) is 0 Å². The van der Waals surface area contributed by atoms with Crippen molar-refractivity contribution in [2.24, 2.45) is 0 Å². The summed E-state index contributed by atoms with van der Waals surface area (Å²) in [4.78, 5) is 2.74. The highest BCUT2D eigenvalue weighted by Gasteiger charge is 2.41. The molecule has 0 bridgehead atoms. The molecule has 0 aromatic heterocycles. The fourth-order valence-electron chi connectivity index (χ4n) is 3.93. The summed E-state index contributed by atoms with van der Waals surface area (Å²) in [5, 5.41) is 13.8. The Morgan fingerprint density at radius 2 is 2.05 bits per heavy atom. The molecule has 2 saturated carbocycles. The summed E-state index contributed by atoms with van der Waals surface area (Å²) < 4.78 is 0. The van der Waals surface area contributed by atoms with Gasteiger partial charge in [-0.25, -0.2) is 0 Å². The van der Waals surface area contributed by atoms with Gasteiger partial charge in [0.15, 0.2) is 0 Å². The van der Waals surface area contributed by atoms with Gasteiger partial charge in [0, 0.05) is 23.7 Å². The van der Waals surface area contributed by atoms with Gasteiger partial charge in [0.2, 0.25) is 0 Å². The topological polar surface area (TPSA) is 35.5 Å². The van der Waals surface area contributed by atoms with E-state index in [1.165, 1.54) is 51.5 Å². The molecule has 2 aliphatic rings. The van der Waals surface area contributed by atoms with Crippen molar-refractivity contribution in [3.63, 3.8) is 0 Å². The lowest BCUT2D eigenvalue weighted by Crippen LogP contribution is -2.57. The van der Waals surface area contributed by atoms with Crippen LogP contribution in [0.3, 0.4) is 0 Å². The molecule has 3 nitrogen and oxygen atoms in total. The third-order valence-corrected chi connectivity index (χ3v) is 5.61. The van der Waals surface area contributed by atoms with Crippen molar-refractivity contribution >= 4 is 0 Å². The molecule has 0 saturated heterocycles. The summed E-state index contributed by atoms with van der Waals surface area (Å²) in [6.07, 6.45) is 11.2. The highest BCUT2D eigenvalue weighted by molar-refractivity contribution is 5.01. The molecule has 124 valence electrons. The summed E-state index contributed by atoms with van der Waals surface area (Å²) in [5.74, 6) is 0. The highest BCUT2D eigenvalue weighted by Crippen LogP contribution is 2.35. The van der Waals surface area contributed by atoms with Crippen molar-refractivity contribution in [1.82, 2.24) is 10.2 Å². The van der Waals surface area contributed by atoms with E-state index < -0.39 is 0 Å². The Morgan fingerprint density at radius 1 is 1.29 bits per heavy atom. The molecule has 0 radical (unpaired) electrons. The van der Waals surface area contributed by atoms with Crippen LogP contribution in [0.5, 0.6) is 0 Å². The van der Waals surface area contributed by atoms with Gasteiger partial charge in [0.25, 0.3) is 0 Å². The molecule has 0 heterocycles. The van der Waals surface area contributed by atoms with E-state index in [9.17, 15) is 5.11 Å². The van der Waals surface area contributed by atoms with Crippen LogP contribution in [0.1, 0.15) is 78.6 Å². The molecule has 0 aliphatic heterocycles. The van der Waals surface area contributed by atoms with E-state index in [0.717, 1.165) is 12.8 Å². The predicted octanol–water partition coefficient (Wildman–Crippen LogP) is 3.31. The van der Waals surface area contributed by atoms with Crippen LogP contribution in [0.4, 0.5) is 0 Å². The van der Waals surface area contributed by atoms with Crippen LogP contribution in [0, 0.1) is 0 Å². The normalized spacial score (nSPS) is 31.6. The second-order valence-corrected chi connectivity index (χ2v) is 7.46. The number of nitrogens with one attached hydrogen (secondary N) is 1. The van der Waals surface area contributed by atoms with Crippen molar-refractivity contribution in [2.45, 2.75) is 102 Å². The summed E-state index contributed by atoms with van der Waals surface area (Å²) in [5.41, 5.74) is 0.00199. The van der Waals surface area contributed by atoms with Gasteiger partial charge >= 0.3 is 0 Å². The first kappa shape index (κ1) is 17.2. The second-order valence-electron chi connectivity index (χ2n) is 7.46. The van der Waals surface area contributed by atoms with E-state index in [4.69, 9.17) is 0 Å². The predicted molar refractivity (Wildman–Crippen MR) is 89.6 cm³/mol. The Morgan fingerprint density at radius 3 is 2.62 bits per heavy atom. The Kier molecular flexibility index (Phi) is 6.51. The molecular formula is C18H36N2O. The maximum absolute atomic E-state index is 10.0. The van der Waals surface area contributed by atoms with Crippen molar-refractivity contribution in [3.8, 4) is 0 Å². The van der Waals surface area contributed by atoms with E-state index in [0.29, 0.717) is 24.7 Å². The van der Waals surface area contributed by atoms with Crippen molar-refractivity contribution < 1.29 is 5.11 Å². The van der Waals surface area contributed by atoms with Crippen LogP contribution in [0.15, 0.2) is 0 Å². The van der Waals surface area contributed by atoms with Crippen LogP contribution in [0.2, 0.25) is 0 Å². The summed E-state index contributed by atoms with van der Waals surface area (Å²) in [7, 11) is 0. The van der Waals surface area contributed by atoms with E-state index in [1.54, 1.807) is 0 Å². The molecular weight excluding hydrogens is 260 g/mol. The number of aliphatic hydroxyl groups excluding tert-OH is 1. The third-order valence-electron chi connectivity index (χ3n) is 5.61. The lowest BCUT2D eigenvalue weighted by atomic mass is 9.78. The second kappa shape index (κ2) is 7.94. The molecule has 2 aliphatic carbocycles. The monoisotopic (exact) mass is 296 g/mol. The number of hydrogen-bond acceptors (Lipinski definition) is 3. The van der Waals surface area contributed by atoms with Gasteiger partial charge in [-0.1, -0.05) is 20.3 Å². The van der Waals surface area contributed by atoms with Gasteiger partial charge in [-0.15, -0.1) is 0 Å². The lowest BCUT2D eigenvalue weighted by molar-refractivity contribution is 0.0390. The zero-order valence-electron chi connectivity index (χ0n) is 14.4. The van der Waals surface area contributed by atoms with Crippen LogP contribution >= 0.6 is 0 Å². The smallest absolute Gasteiger partial charge is 0.0613 e. The van der Waals surface area contributed by atoms with Crippen LogP contribution < -0.4 is 5.32 Å². The molecule has 3 unspecified atom stereocenters. The van der Waals surface area contributed by atoms with Gasteiger partial charge in [-0.3, -0.25) is 4.90 Å². The van der Waals surface area contributed by atoms with E-state index in [-0.39, 0.29) is 5.54 Å². The van der Waals surface area contributed by atoms with E-state index >= 15 is 0 Å². The molecule has 21 heavy (non-hydrogen) atoms. The largest absolute Gasteiger partial charge is 0.394 e. The molecule has 2 fully saturated rings. The number of aliphatic hydroxyl groups is 1. The van der Waals surface area contributed by atoms with Crippen LogP contribution in [0.25, 0.3) is 0 Å². The Balaban J connectivity index is 2.01. The first-order chi connectivity index (χ1) is 10.1. The first-order valence-corrected chi connectivity index (χ1v) is 9.28. The highest BCUT2D eigenvalue weighted by atomic mass is 16.3. The number of nitrogens with zero attached hydrogens (tertiary/aromatic N) is 1. The maximum atomic E-state index is 10.0. The molecule has 3 atom stereocenters. The van der Waals surface area contributed by atoms with Crippen molar-refractivity contribution in [1.29, 1.82) is 0 Å². The van der Waals surface area contributed by atoms with Gasteiger partial charge in [0.05, 0.1) is 6.61 Å². The average Bonchev–Trinajstić information content (AvgIpc) is 3.31. The Labute approximate surface area is 131 Å². The quantitative estimate of drug-likeness (QED) is 0.685. The van der Waals surface area contributed by atoms with E-state index in [1.807, 2.05) is 0 Å². The molecule has 2 N–H and O–H groups in total. The maximum Gasteiger partial charge on any atom is 0.0613 e. The van der Waals surface area contributed by atoms with Crippen LogP contribution in [-0.4, -0.2) is 46.8 Å². The molecule has 3 heteroatoms. The molecule has 0 amide bonds. The number of unbranched alkanes of at least 4 members (excludes halogenated alkanes) is 1. The zero-order valence-corrected chi connectivity index (χ0v) is 14.4. The molecule has 0 aromatic rings. The Hall–Kier alpha value is -0.120. The standard InChI is InChI=1S/C18H36N2O/c1-4-6-12-20(15(3)5-2)17-8-7-11-18(13-17,14-21)19-16-9-10-16/h15-17,19,21H,4-14H2,1-3H3. The van der Waals surface area contributed by atoms with Gasteiger partial charge < -0.3 is 10.4 Å². The van der Waals surface area contributed by atoms with Gasteiger partial charge in [0.1, 0.15) is 0 Å². The van der Waals surface area contributed by atoms with E-state index in [2.05, 4.69) is 31.0 Å². The average molecular weight is 296 g/mol. The fraction of sp³-hybridized carbons (Fsp3) is 1.00. The minimum atomic E-state index is 0.00199. The van der Waals surface area contributed by atoms with Gasteiger partial charge in [-0.05, 0) is 64.8 Å². The molecule has 0 aromatic carbocycles. The summed E-state index contributed by atoms with van der Waals surface area (Å²) in [6, 6.07) is 2.00. The minimum Gasteiger partial charge on any atom is -0.394 e. The minimum absolute atomic E-state index is 0.00199. The SMILES string of the molecule is CCCCN(C(C)CC)C1CCCC(CO)(NC2CC2)C1. The third kappa shape index (κ3) is 4.67. The van der Waals surface area contributed by atoms with Gasteiger partial charge in [-0.2, -0.15) is 0 Å². The van der Waals surface area contributed by atoms with Crippen molar-refractivity contribution in [2.75, 3.05) is 13.2 Å². The first-order valence-electron chi connectivity index (χ1n) is 9.28.